The molecule has 1 heterocycles. The molecule has 0 atom stereocenters. The third-order valence-electron chi connectivity index (χ3n) is 2.51. The molecular weight excluding hydrogens is 381 g/mol. The molecular formula is C12H12Br2ClN3. The van der Waals surface area contributed by atoms with Gasteiger partial charge in [0.25, 0.3) is 0 Å². The van der Waals surface area contributed by atoms with Crippen molar-refractivity contribution >= 4 is 43.5 Å². The van der Waals surface area contributed by atoms with E-state index in [1.54, 1.807) is 0 Å². The van der Waals surface area contributed by atoms with Gasteiger partial charge in [0.15, 0.2) is 5.82 Å². The summed E-state index contributed by atoms with van der Waals surface area (Å²) >= 11 is 12.9. The first kappa shape index (κ1) is 14.0. The molecule has 6 heteroatoms. The zero-order valence-electron chi connectivity index (χ0n) is 9.83. The van der Waals surface area contributed by atoms with Crippen LogP contribution in [0.5, 0.6) is 0 Å². The molecule has 1 aromatic heterocycles. The second-order valence-electron chi connectivity index (χ2n) is 3.88. The summed E-state index contributed by atoms with van der Waals surface area (Å²) in [5.41, 5.74) is 1.02. The van der Waals surface area contributed by atoms with E-state index in [9.17, 15) is 0 Å². The Labute approximate surface area is 128 Å². The van der Waals surface area contributed by atoms with Crippen molar-refractivity contribution in [2.45, 2.75) is 25.8 Å². The molecule has 0 aliphatic carbocycles. The number of hydrogen-bond donors (Lipinski definition) is 0. The smallest absolute Gasteiger partial charge is 0.164 e. The van der Waals surface area contributed by atoms with Crippen LogP contribution in [0.15, 0.2) is 27.1 Å². The summed E-state index contributed by atoms with van der Waals surface area (Å²) in [4.78, 5) is 0. The zero-order chi connectivity index (χ0) is 13.1. The highest BCUT2D eigenvalue weighted by Crippen LogP contribution is 2.27. The first-order chi connectivity index (χ1) is 8.65. The lowest BCUT2D eigenvalue weighted by Gasteiger charge is -2.08. The van der Waals surface area contributed by atoms with E-state index < -0.39 is 0 Å². The molecule has 0 aliphatic rings. The number of benzene rings is 1. The van der Waals surface area contributed by atoms with Gasteiger partial charge in [-0.15, -0.1) is 21.8 Å². The van der Waals surface area contributed by atoms with E-state index in [1.807, 2.05) is 18.2 Å². The summed E-state index contributed by atoms with van der Waals surface area (Å²) in [5.74, 6) is 2.04. The van der Waals surface area contributed by atoms with Gasteiger partial charge in [-0.3, -0.25) is 0 Å². The van der Waals surface area contributed by atoms with E-state index >= 15 is 0 Å². The van der Waals surface area contributed by atoms with Gasteiger partial charge in [-0.05, 0) is 24.6 Å². The first-order valence-electron chi connectivity index (χ1n) is 5.60. The molecule has 3 nitrogen and oxygen atoms in total. The van der Waals surface area contributed by atoms with Crippen LogP contribution in [0.4, 0.5) is 0 Å². The Morgan fingerprint density at radius 2 is 1.83 bits per heavy atom. The van der Waals surface area contributed by atoms with Crippen LogP contribution in [0, 0.1) is 0 Å². The molecule has 1 aromatic carbocycles. The van der Waals surface area contributed by atoms with Gasteiger partial charge in [-0.1, -0.05) is 38.8 Å². The van der Waals surface area contributed by atoms with E-state index in [2.05, 4.69) is 53.5 Å². The first-order valence-corrected chi connectivity index (χ1v) is 7.72. The van der Waals surface area contributed by atoms with Crippen molar-refractivity contribution in [2.75, 3.05) is 0 Å². The summed E-state index contributed by atoms with van der Waals surface area (Å²) in [6, 6.07) is 6.05. The Morgan fingerprint density at radius 3 is 2.39 bits per heavy atom. The van der Waals surface area contributed by atoms with Crippen molar-refractivity contribution in [3.8, 4) is 11.4 Å². The minimum Gasteiger partial charge on any atom is -0.310 e. The highest BCUT2D eigenvalue weighted by atomic mass is 79.9. The number of aromatic nitrogens is 3. The largest absolute Gasteiger partial charge is 0.310 e. The average Bonchev–Trinajstić information content (AvgIpc) is 2.71. The predicted octanol–water partition coefficient (Wildman–Crippen LogP) is 4.62. The molecule has 0 fully saturated rings. The number of halogens is 3. The van der Waals surface area contributed by atoms with Crippen LogP contribution >= 0.6 is 43.5 Å². The van der Waals surface area contributed by atoms with Crippen LogP contribution in [0.25, 0.3) is 11.4 Å². The second-order valence-corrected chi connectivity index (χ2v) is 5.98. The molecule has 0 saturated heterocycles. The van der Waals surface area contributed by atoms with Crippen LogP contribution in [-0.2, 0) is 12.4 Å². The molecule has 0 N–H and O–H groups in total. The van der Waals surface area contributed by atoms with E-state index in [0.29, 0.717) is 5.88 Å². The minimum absolute atomic E-state index is 0.377. The van der Waals surface area contributed by atoms with Gasteiger partial charge in [-0.2, -0.15) is 0 Å². The molecule has 0 radical (unpaired) electrons. The lowest BCUT2D eigenvalue weighted by molar-refractivity contribution is 0.659. The maximum Gasteiger partial charge on any atom is 0.164 e. The fourth-order valence-electron chi connectivity index (χ4n) is 1.79. The average molecular weight is 394 g/mol. The topological polar surface area (TPSA) is 30.7 Å². The minimum atomic E-state index is 0.377. The summed E-state index contributed by atoms with van der Waals surface area (Å²) < 4.78 is 4.08. The predicted molar refractivity (Wildman–Crippen MR) is 80.7 cm³/mol. The summed E-state index contributed by atoms with van der Waals surface area (Å²) in [6.07, 6.45) is 1.02. The van der Waals surface area contributed by atoms with Gasteiger partial charge in [0.05, 0.1) is 5.88 Å². The Kier molecular flexibility index (Phi) is 4.81. The molecule has 2 aromatic rings. The highest BCUT2D eigenvalue weighted by Gasteiger charge is 2.13. The van der Waals surface area contributed by atoms with E-state index in [1.165, 1.54) is 0 Å². The van der Waals surface area contributed by atoms with Crippen molar-refractivity contribution in [1.82, 2.24) is 14.8 Å². The fraction of sp³-hybridized carbons (Fsp3) is 0.333. The maximum absolute atomic E-state index is 5.89. The highest BCUT2D eigenvalue weighted by molar-refractivity contribution is 9.11. The normalized spacial score (nSPS) is 10.9. The maximum atomic E-state index is 5.89. The SMILES string of the molecule is CCCn1c(CCl)nnc1-c1cc(Br)cc(Br)c1. The summed E-state index contributed by atoms with van der Waals surface area (Å²) in [6.45, 7) is 2.99. The Bertz CT molecular complexity index is 534. The van der Waals surface area contributed by atoms with Gasteiger partial charge in [0.2, 0.25) is 0 Å². The number of nitrogens with zero attached hydrogens (tertiary/aromatic N) is 3. The van der Waals surface area contributed by atoms with Crippen LogP contribution in [0.2, 0.25) is 0 Å². The molecule has 0 spiro atoms. The Hall–Kier alpha value is -0.390. The van der Waals surface area contributed by atoms with E-state index in [4.69, 9.17) is 11.6 Å². The fourth-order valence-corrected chi connectivity index (χ4v) is 3.28. The Morgan fingerprint density at radius 1 is 1.17 bits per heavy atom. The quantitative estimate of drug-likeness (QED) is 0.710. The van der Waals surface area contributed by atoms with E-state index in [-0.39, 0.29) is 0 Å². The van der Waals surface area contributed by atoms with Crippen molar-refractivity contribution < 1.29 is 0 Å². The molecule has 0 saturated carbocycles. The molecule has 96 valence electrons. The van der Waals surface area contributed by atoms with Gasteiger partial charge in [0, 0.05) is 21.1 Å². The van der Waals surface area contributed by atoms with Crippen LogP contribution in [0.3, 0.4) is 0 Å². The number of rotatable bonds is 4. The van der Waals surface area contributed by atoms with Crippen LogP contribution in [-0.4, -0.2) is 14.8 Å². The monoisotopic (exact) mass is 391 g/mol. The summed E-state index contributed by atoms with van der Waals surface area (Å²) in [7, 11) is 0. The molecule has 0 bridgehead atoms. The van der Waals surface area contributed by atoms with Gasteiger partial charge >= 0.3 is 0 Å². The lowest BCUT2D eigenvalue weighted by Crippen LogP contribution is -2.03. The molecule has 0 amide bonds. The zero-order valence-corrected chi connectivity index (χ0v) is 13.8. The Balaban J connectivity index is 2.52. The van der Waals surface area contributed by atoms with Gasteiger partial charge in [0.1, 0.15) is 5.82 Å². The standard InChI is InChI=1S/C12H12Br2ClN3/c1-2-3-18-11(7-15)16-17-12(18)8-4-9(13)6-10(14)5-8/h4-6H,2-3,7H2,1H3. The van der Waals surface area contributed by atoms with Crippen molar-refractivity contribution in [3.05, 3.63) is 33.0 Å². The van der Waals surface area contributed by atoms with Crippen molar-refractivity contribution in [1.29, 1.82) is 0 Å². The lowest BCUT2D eigenvalue weighted by atomic mass is 10.2. The van der Waals surface area contributed by atoms with Gasteiger partial charge in [-0.25, -0.2) is 0 Å². The van der Waals surface area contributed by atoms with E-state index in [0.717, 1.165) is 39.1 Å². The van der Waals surface area contributed by atoms with Crippen LogP contribution < -0.4 is 0 Å². The van der Waals surface area contributed by atoms with Crippen molar-refractivity contribution in [3.63, 3.8) is 0 Å². The third kappa shape index (κ3) is 2.95. The second kappa shape index (κ2) is 6.17. The molecule has 18 heavy (non-hydrogen) atoms. The summed E-state index contributed by atoms with van der Waals surface area (Å²) in [5, 5.41) is 8.38. The number of alkyl halides is 1. The van der Waals surface area contributed by atoms with Crippen molar-refractivity contribution in [2.24, 2.45) is 0 Å². The molecule has 0 unspecified atom stereocenters. The molecule has 2 rings (SSSR count). The molecule has 0 aliphatic heterocycles. The van der Waals surface area contributed by atoms with Crippen LogP contribution in [0.1, 0.15) is 19.2 Å². The third-order valence-corrected chi connectivity index (χ3v) is 3.67. The number of hydrogen-bond acceptors (Lipinski definition) is 2. The van der Waals surface area contributed by atoms with Gasteiger partial charge < -0.3 is 4.57 Å².